The van der Waals surface area contributed by atoms with Crippen LogP contribution in [0.15, 0.2) is 42.5 Å². The number of carbonyl (C=O) groups is 1. The Morgan fingerprint density at radius 1 is 0.964 bits per heavy atom. The van der Waals surface area contributed by atoms with Crippen LogP contribution in [-0.4, -0.2) is 48.5 Å². The largest absolute Gasteiger partial charge is 0.493 e. The molecule has 2 aromatic carbocycles. The number of carbonyl (C=O) groups excluding carboxylic acids is 1. The van der Waals surface area contributed by atoms with Crippen LogP contribution in [0, 0.1) is 0 Å². The smallest absolute Gasteiger partial charge is 0.241 e. The maximum Gasteiger partial charge on any atom is 0.241 e. The number of benzene rings is 2. The molecule has 0 aliphatic heterocycles. The van der Waals surface area contributed by atoms with Gasteiger partial charge in [-0.15, -0.1) is 0 Å². The van der Waals surface area contributed by atoms with E-state index >= 15 is 0 Å². The Kier molecular flexibility index (Phi) is 7.11. The van der Waals surface area contributed by atoms with Gasteiger partial charge in [-0.1, -0.05) is 18.2 Å². The van der Waals surface area contributed by atoms with E-state index < -0.39 is 15.9 Å². The van der Waals surface area contributed by atoms with Crippen molar-refractivity contribution in [3.63, 3.8) is 0 Å². The molecule has 0 aromatic heterocycles. The summed E-state index contributed by atoms with van der Waals surface area (Å²) in [5.74, 6) is 0.900. The number of amides is 1. The molecule has 1 amide bonds. The van der Waals surface area contributed by atoms with Gasteiger partial charge in [-0.2, -0.15) is 0 Å². The highest BCUT2D eigenvalue weighted by molar-refractivity contribution is 7.92. The number of methoxy groups -OCH3 is 3. The Bertz CT molecular complexity index is 916. The highest BCUT2D eigenvalue weighted by Crippen LogP contribution is 2.39. The molecule has 0 saturated carbocycles. The Morgan fingerprint density at radius 3 is 2.14 bits per heavy atom. The minimum absolute atomic E-state index is 0.134. The molecule has 0 saturated heterocycles. The summed E-state index contributed by atoms with van der Waals surface area (Å²) in [7, 11) is 0.881. The predicted octanol–water partition coefficient (Wildman–Crippen LogP) is 1.79. The first-order valence-electron chi connectivity index (χ1n) is 8.39. The first-order valence-corrected chi connectivity index (χ1v) is 10.2. The van der Waals surface area contributed by atoms with Gasteiger partial charge in [0.25, 0.3) is 0 Å². The van der Waals surface area contributed by atoms with Crippen molar-refractivity contribution < 1.29 is 27.4 Å². The van der Waals surface area contributed by atoms with Crippen LogP contribution in [0.1, 0.15) is 5.56 Å². The fraction of sp³-hybridized carbons (Fsp3) is 0.316. The van der Waals surface area contributed by atoms with Gasteiger partial charge in [-0.25, -0.2) is 8.42 Å². The molecule has 28 heavy (non-hydrogen) atoms. The summed E-state index contributed by atoms with van der Waals surface area (Å²) in [6.45, 7) is -0.201. The van der Waals surface area contributed by atoms with Gasteiger partial charge in [0.1, 0.15) is 6.54 Å². The first-order chi connectivity index (χ1) is 13.3. The molecule has 0 heterocycles. The van der Waals surface area contributed by atoms with E-state index in [2.05, 4.69) is 5.32 Å². The first kappa shape index (κ1) is 21.4. The van der Waals surface area contributed by atoms with Gasteiger partial charge in [-0.3, -0.25) is 9.10 Å². The summed E-state index contributed by atoms with van der Waals surface area (Å²) in [4.78, 5) is 12.4. The van der Waals surface area contributed by atoms with Crippen LogP contribution >= 0.6 is 0 Å². The van der Waals surface area contributed by atoms with Gasteiger partial charge in [-0.05, 0) is 24.3 Å². The number of para-hydroxylation sites is 1. The average molecular weight is 408 g/mol. The maximum absolute atomic E-state index is 12.4. The average Bonchev–Trinajstić information content (AvgIpc) is 2.69. The number of rotatable bonds is 9. The number of ether oxygens (including phenoxy) is 3. The molecule has 9 heteroatoms. The Morgan fingerprint density at radius 2 is 1.61 bits per heavy atom. The zero-order valence-electron chi connectivity index (χ0n) is 16.3. The molecule has 0 radical (unpaired) electrons. The van der Waals surface area contributed by atoms with Crippen LogP contribution in [0.3, 0.4) is 0 Å². The minimum atomic E-state index is -3.62. The fourth-order valence-electron chi connectivity index (χ4n) is 2.68. The molecule has 0 unspecified atom stereocenters. The topological polar surface area (TPSA) is 94.2 Å². The van der Waals surface area contributed by atoms with Crippen molar-refractivity contribution in [2.24, 2.45) is 0 Å². The molecular weight excluding hydrogens is 384 g/mol. The lowest BCUT2D eigenvalue weighted by atomic mass is 10.1. The SMILES string of the molecule is COc1ccc(CNC(=O)CN(c2ccccc2)S(C)(=O)=O)c(OC)c1OC. The van der Waals surface area contributed by atoms with E-state index in [4.69, 9.17) is 14.2 Å². The van der Waals surface area contributed by atoms with Crippen molar-refractivity contribution in [3.8, 4) is 17.2 Å². The number of hydrogen-bond donors (Lipinski definition) is 1. The van der Waals surface area contributed by atoms with E-state index in [9.17, 15) is 13.2 Å². The third-order valence-electron chi connectivity index (χ3n) is 3.99. The molecule has 0 bridgehead atoms. The number of nitrogens with zero attached hydrogens (tertiary/aromatic N) is 1. The summed E-state index contributed by atoms with van der Waals surface area (Å²) in [6.07, 6.45) is 1.06. The van der Waals surface area contributed by atoms with Crippen molar-refractivity contribution in [3.05, 3.63) is 48.0 Å². The molecule has 152 valence electrons. The summed E-state index contributed by atoms with van der Waals surface area (Å²) in [5, 5.41) is 2.71. The van der Waals surface area contributed by atoms with Gasteiger partial charge in [0.15, 0.2) is 11.5 Å². The third kappa shape index (κ3) is 5.07. The normalized spacial score (nSPS) is 10.9. The van der Waals surface area contributed by atoms with Crippen LogP contribution in [0.5, 0.6) is 17.2 Å². The van der Waals surface area contributed by atoms with Crippen LogP contribution in [-0.2, 0) is 21.4 Å². The van der Waals surface area contributed by atoms with Gasteiger partial charge in [0.05, 0.1) is 33.3 Å². The van der Waals surface area contributed by atoms with Gasteiger partial charge in [0.2, 0.25) is 21.7 Å². The van der Waals surface area contributed by atoms with Crippen molar-refractivity contribution in [1.29, 1.82) is 0 Å². The van der Waals surface area contributed by atoms with E-state index in [0.717, 1.165) is 10.6 Å². The zero-order chi connectivity index (χ0) is 20.7. The molecule has 1 N–H and O–H groups in total. The van der Waals surface area contributed by atoms with Gasteiger partial charge in [0, 0.05) is 12.1 Å². The molecule has 0 aliphatic rings. The molecular formula is C19H24N2O6S. The highest BCUT2D eigenvalue weighted by atomic mass is 32.2. The molecule has 2 rings (SSSR count). The van der Waals surface area contributed by atoms with Crippen molar-refractivity contribution in [2.45, 2.75) is 6.54 Å². The summed E-state index contributed by atoms with van der Waals surface area (Å²) < 4.78 is 41.2. The molecule has 0 atom stereocenters. The number of anilines is 1. The van der Waals surface area contributed by atoms with E-state index in [0.29, 0.717) is 28.5 Å². The van der Waals surface area contributed by atoms with Crippen LogP contribution < -0.4 is 23.8 Å². The summed E-state index contributed by atoms with van der Waals surface area (Å²) in [6, 6.07) is 11.9. The second-order valence-electron chi connectivity index (χ2n) is 5.88. The van der Waals surface area contributed by atoms with Gasteiger partial charge < -0.3 is 19.5 Å². The quantitative estimate of drug-likeness (QED) is 0.680. The minimum Gasteiger partial charge on any atom is -0.493 e. The second-order valence-corrected chi connectivity index (χ2v) is 7.78. The fourth-order valence-corrected chi connectivity index (χ4v) is 3.53. The number of sulfonamides is 1. The lowest BCUT2D eigenvalue weighted by Gasteiger charge is -2.22. The van der Waals surface area contributed by atoms with Crippen LogP contribution in [0.4, 0.5) is 5.69 Å². The number of nitrogens with one attached hydrogen (secondary N) is 1. The van der Waals surface area contributed by atoms with E-state index in [1.807, 2.05) is 0 Å². The van der Waals surface area contributed by atoms with Crippen molar-refractivity contribution >= 4 is 21.6 Å². The standard InChI is InChI=1S/C19H24N2O6S/c1-25-16-11-10-14(18(26-2)19(16)27-3)12-20-17(22)13-21(28(4,23)24)15-8-6-5-7-9-15/h5-11H,12-13H2,1-4H3,(H,20,22). The summed E-state index contributed by atoms with van der Waals surface area (Å²) in [5.41, 5.74) is 1.09. The number of hydrogen-bond acceptors (Lipinski definition) is 6. The van der Waals surface area contributed by atoms with Crippen LogP contribution in [0.25, 0.3) is 0 Å². The monoisotopic (exact) mass is 408 g/mol. The van der Waals surface area contributed by atoms with Crippen LogP contribution in [0.2, 0.25) is 0 Å². The Hall–Kier alpha value is -2.94. The maximum atomic E-state index is 12.4. The van der Waals surface area contributed by atoms with E-state index in [1.165, 1.54) is 21.3 Å². The lowest BCUT2D eigenvalue weighted by molar-refractivity contribution is -0.119. The molecule has 0 aliphatic carbocycles. The van der Waals surface area contributed by atoms with E-state index in [1.54, 1.807) is 42.5 Å². The van der Waals surface area contributed by atoms with Crippen molar-refractivity contribution in [1.82, 2.24) is 5.32 Å². The molecule has 0 fully saturated rings. The third-order valence-corrected chi connectivity index (χ3v) is 5.13. The zero-order valence-corrected chi connectivity index (χ0v) is 17.1. The molecule has 8 nitrogen and oxygen atoms in total. The van der Waals surface area contributed by atoms with Gasteiger partial charge >= 0.3 is 0 Å². The Labute approximate surface area is 165 Å². The molecule has 0 spiro atoms. The van der Waals surface area contributed by atoms with E-state index in [-0.39, 0.29) is 13.1 Å². The Balaban J connectivity index is 2.15. The summed E-state index contributed by atoms with van der Waals surface area (Å²) >= 11 is 0. The lowest BCUT2D eigenvalue weighted by Crippen LogP contribution is -2.40. The predicted molar refractivity (Wildman–Crippen MR) is 107 cm³/mol. The van der Waals surface area contributed by atoms with Crippen molar-refractivity contribution in [2.75, 3.05) is 38.4 Å². The second kappa shape index (κ2) is 9.32. The molecule has 2 aromatic rings. The highest BCUT2D eigenvalue weighted by Gasteiger charge is 2.21.